The highest BCUT2D eigenvalue weighted by Gasteiger charge is 2.23. The summed E-state index contributed by atoms with van der Waals surface area (Å²) in [5.74, 6) is 1.56. The second-order valence-corrected chi connectivity index (χ2v) is 12.7. The summed E-state index contributed by atoms with van der Waals surface area (Å²) in [7, 11) is -3.43. The van der Waals surface area contributed by atoms with Crippen LogP contribution in [0.15, 0.2) is 65.6 Å². The number of hydrogen-bond acceptors (Lipinski definition) is 7. The van der Waals surface area contributed by atoms with E-state index in [1.165, 1.54) is 0 Å². The topological polar surface area (TPSA) is 105 Å². The van der Waals surface area contributed by atoms with E-state index in [1.807, 2.05) is 31.2 Å². The van der Waals surface area contributed by atoms with Crippen molar-refractivity contribution in [1.29, 1.82) is 0 Å². The largest absolute Gasteiger partial charge is 0.491 e. The molecule has 4 aromatic rings. The van der Waals surface area contributed by atoms with Crippen LogP contribution in [0, 0.1) is 6.92 Å². The minimum Gasteiger partial charge on any atom is -0.491 e. The van der Waals surface area contributed by atoms with Crippen molar-refractivity contribution >= 4 is 26.8 Å². The molecule has 0 saturated carbocycles. The Morgan fingerprint density at radius 1 is 0.951 bits per heavy atom. The van der Waals surface area contributed by atoms with Gasteiger partial charge in [-0.2, -0.15) is 0 Å². The number of fused-ring (bicyclic) bond motifs is 2. The summed E-state index contributed by atoms with van der Waals surface area (Å²) < 4.78 is 37.1. The summed E-state index contributed by atoms with van der Waals surface area (Å²) >= 11 is 0. The van der Waals surface area contributed by atoms with Crippen LogP contribution in [-0.2, 0) is 21.1 Å². The number of nitrogens with zero attached hydrogens (tertiary/aromatic N) is 3. The predicted octanol–water partition coefficient (Wildman–Crippen LogP) is 4.07. The lowest BCUT2D eigenvalue weighted by Gasteiger charge is -2.26. The van der Waals surface area contributed by atoms with Crippen LogP contribution in [0.3, 0.4) is 0 Å². The molecule has 0 aliphatic carbocycles. The fourth-order valence-electron chi connectivity index (χ4n) is 5.47. The number of aromatic amines is 1. The standard InChI is InChI=1S/C31H34N4O5S/c1-22-32-28-9-5-25(20-29(28)33-22)24-6-10-30-26(19-24)21-35(14-17-40-30)31(36)23-3-7-27(8-4-23)41(37,38)18-2-11-34-12-15-39-16-13-34/h3-10,19-20H,2,11-18,21H2,1H3,(H,32,33). The molecule has 1 aromatic heterocycles. The van der Waals surface area contributed by atoms with Crippen molar-refractivity contribution in [3.63, 3.8) is 0 Å². The molecule has 0 atom stereocenters. The first-order valence-electron chi connectivity index (χ1n) is 14.0. The molecule has 0 bridgehead atoms. The normalized spacial score (nSPS) is 16.3. The van der Waals surface area contributed by atoms with Gasteiger partial charge in [-0.05, 0) is 79.5 Å². The van der Waals surface area contributed by atoms with Crippen molar-refractivity contribution in [2.45, 2.75) is 24.8 Å². The molecule has 1 amide bonds. The molecule has 2 aliphatic rings. The molecule has 0 radical (unpaired) electrons. The summed E-state index contributed by atoms with van der Waals surface area (Å²) in [5.41, 5.74) is 5.36. The number of carbonyl (C=O) groups excluding carboxylic acids is 1. The molecule has 3 heterocycles. The minimum atomic E-state index is -3.43. The van der Waals surface area contributed by atoms with Crippen molar-refractivity contribution in [3.8, 4) is 16.9 Å². The molecule has 214 valence electrons. The zero-order chi connectivity index (χ0) is 28.4. The lowest BCUT2D eigenvalue weighted by Crippen LogP contribution is -2.37. The zero-order valence-corrected chi connectivity index (χ0v) is 24.0. The molecular weight excluding hydrogens is 540 g/mol. The van der Waals surface area contributed by atoms with Gasteiger partial charge in [0.15, 0.2) is 9.84 Å². The molecular formula is C31H34N4O5S. The first-order valence-corrected chi connectivity index (χ1v) is 15.7. The second kappa shape index (κ2) is 11.6. The van der Waals surface area contributed by atoms with Gasteiger partial charge in [-0.1, -0.05) is 12.1 Å². The molecule has 9 nitrogen and oxygen atoms in total. The van der Waals surface area contributed by atoms with Crippen LogP contribution in [0.5, 0.6) is 5.75 Å². The van der Waals surface area contributed by atoms with Crippen LogP contribution in [0.2, 0.25) is 0 Å². The number of hydrogen-bond donors (Lipinski definition) is 1. The molecule has 2 aliphatic heterocycles. The maximum atomic E-state index is 13.5. The van der Waals surface area contributed by atoms with Gasteiger partial charge in [0.1, 0.15) is 18.2 Å². The highest BCUT2D eigenvalue weighted by Crippen LogP contribution is 2.31. The van der Waals surface area contributed by atoms with Gasteiger partial charge in [-0.15, -0.1) is 0 Å². The van der Waals surface area contributed by atoms with E-state index in [0.29, 0.717) is 44.9 Å². The number of aryl methyl sites for hydroxylation is 1. The Bertz CT molecular complexity index is 1660. The molecule has 3 aromatic carbocycles. The van der Waals surface area contributed by atoms with Gasteiger partial charge in [0.25, 0.3) is 5.91 Å². The van der Waals surface area contributed by atoms with E-state index in [2.05, 4.69) is 27.0 Å². The van der Waals surface area contributed by atoms with Crippen LogP contribution in [0.25, 0.3) is 22.2 Å². The van der Waals surface area contributed by atoms with Gasteiger partial charge in [-0.3, -0.25) is 9.69 Å². The van der Waals surface area contributed by atoms with Gasteiger partial charge in [0.2, 0.25) is 0 Å². The Morgan fingerprint density at radius 3 is 2.51 bits per heavy atom. The summed E-state index contributed by atoms with van der Waals surface area (Å²) in [6.45, 7) is 6.95. The molecule has 41 heavy (non-hydrogen) atoms. The molecule has 0 spiro atoms. The molecule has 1 saturated heterocycles. The second-order valence-electron chi connectivity index (χ2n) is 10.6. The molecule has 0 unspecified atom stereocenters. The zero-order valence-electron chi connectivity index (χ0n) is 23.1. The molecule has 10 heteroatoms. The third-order valence-electron chi connectivity index (χ3n) is 7.71. The van der Waals surface area contributed by atoms with Crippen LogP contribution in [0.1, 0.15) is 28.2 Å². The van der Waals surface area contributed by atoms with Gasteiger partial charge in [-0.25, -0.2) is 13.4 Å². The van der Waals surface area contributed by atoms with E-state index in [0.717, 1.165) is 58.9 Å². The molecule has 1 fully saturated rings. The van der Waals surface area contributed by atoms with E-state index < -0.39 is 9.84 Å². The summed E-state index contributed by atoms with van der Waals surface area (Å²) in [5, 5.41) is 0. The smallest absolute Gasteiger partial charge is 0.254 e. The number of rotatable bonds is 7. The predicted molar refractivity (Wildman–Crippen MR) is 157 cm³/mol. The number of imidazole rings is 1. The number of morpholine rings is 1. The first kappa shape index (κ1) is 27.4. The monoisotopic (exact) mass is 574 g/mol. The number of benzene rings is 3. The Balaban J connectivity index is 1.14. The first-order chi connectivity index (χ1) is 19.9. The number of nitrogens with one attached hydrogen (secondary N) is 1. The Labute approximate surface area is 240 Å². The average molecular weight is 575 g/mol. The van der Waals surface area contributed by atoms with E-state index in [1.54, 1.807) is 29.2 Å². The van der Waals surface area contributed by atoms with Crippen LogP contribution < -0.4 is 4.74 Å². The number of amides is 1. The van der Waals surface area contributed by atoms with Crippen LogP contribution in [-0.4, -0.2) is 85.8 Å². The van der Waals surface area contributed by atoms with Crippen molar-refractivity contribution < 1.29 is 22.7 Å². The Hall–Kier alpha value is -3.73. The van der Waals surface area contributed by atoms with Crippen molar-refractivity contribution in [1.82, 2.24) is 19.8 Å². The fraction of sp³-hybridized carbons (Fsp3) is 0.355. The third kappa shape index (κ3) is 6.14. The van der Waals surface area contributed by atoms with Gasteiger partial charge in [0, 0.05) is 30.8 Å². The van der Waals surface area contributed by atoms with Gasteiger partial charge >= 0.3 is 0 Å². The van der Waals surface area contributed by atoms with E-state index in [4.69, 9.17) is 9.47 Å². The van der Waals surface area contributed by atoms with Crippen LogP contribution in [0.4, 0.5) is 0 Å². The average Bonchev–Trinajstić information content (AvgIpc) is 3.23. The molecule has 1 N–H and O–H groups in total. The number of sulfone groups is 1. The highest BCUT2D eigenvalue weighted by atomic mass is 32.2. The van der Waals surface area contributed by atoms with Gasteiger partial charge < -0.3 is 19.4 Å². The summed E-state index contributed by atoms with van der Waals surface area (Å²) in [6.07, 6.45) is 0.563. The van der Waals surface area contributed by atoms with E-state index in [-0.39, 0.29) is 16.6 Å². The number of H-pyrrole nitrogens is 1. The number of aromatic nitrogens is 2. The minimum absolute atomic E-state index is 0.0765. The number of ether oxygens (including phenoxy) is 2. The Morgan fingerprint density at radius 2 is 1.71 bits per heavy atom. The van der Waals surface area contributed by atoms with Gasteiger partial charge in [0.05, 0.1) is 41.4 Å². The maximum Gasteiger partial charge on any atom is 0.254 e. The third-order valence-corrected chi connectivity index (χ3v) is 9.53. The Kier molecular flexibility index (Phi) is 7.79. The fourth-order valence-corrected chi connectivity index (χ4v) is 6.77. The quantitative estimate of drug-likeness (QED) is 0.355. The highest BCUT2D eigenvalue weighted by molar-refractivity contribution is 7.91. The SMILES string of the molecule is Cc1nc2ccc(-c3ccc4c(c3)CN(C(=O)c3ccc(S(=O)(=O)CCCN5CCOCC5)cc3)CCO4)cc2[nH]1. The molecule has 6 rings (SSSR count). The lowest BCUT2D eigenvalue weighted by atomic mass is 10.0. The van der Waals surface area contributed by atoms with Crippen molar-refractivity contribution in [2.24, 2.45) is 0 Å². The van der Waals surface area contributed by atoms with Crippen molar-refractivity contribution in [2.75, 3.05) is 51.8 Å². The van der Waals surface area contributed by atoms with E-state index >= 15 is 0 Å². The summed E-state index contributed by atoms with van der Waals surface area (Å²) in [4.78, 5) is 25.5. The maximum absolute atomic E-state index is 13.5. The lowest BCUT2D eigenvalue weighted by molar-refractivity contribution is 0.0381. The summed E-state index contributed by atoms with van der Waals surface area (Å²) in [6, 6.07) is 18.5. The van der Waals surface area contributed by atoms with Crippen LogP contribution >= 0.6 is 0 Å². The van der Waals surface area contributed by atoms with E-state index in [9.17, 15) is 13.2 Å². The van der Waals surface area contributed by atoms with Crippen molar-refractivity contribution in [3.05, 3.63) is 77.6 Å². The number of carbonyl (C=O) groups is 1.